The molecule has 0 spiro atoms. The maximum atomic E-state index is 13.9. The normalized spacial score (nSPS) is 14.9. The molecule has 2 N–H and O–H groups in total. The first kappa shape index (κ1) is 29.5. The molecular weight excluding hydrogens is 580 g/mol. The van der Waals surface area contributed by atoms with Crippen LogP contribution >= 0.6 is 0 Å². The Morgan fingerprint density at radius 1 is 1.14 bits per heavy atom. The highest BCUT2D eigenvalue weighted by Crippen LogP contribution is 2.40. The number of anilines is 1. The minimum Gasteiger partial charge on any atom is -0.360 e. The molecule has 1 aliphatic rings. The van der Waals surface area contributed by atoms with Crippen LogP contribution in [0.1, 0.15) is 36.1 Å². The van der Waals surface area contributed by atoms with Crippen LogP contribution in [0.15, 0.2) is 61.7 Å². The Kier molecular flexibility index (Phi) is 7.58. The molecule has 224 valence electrons. The van der Waals surface area contributed by atoms with E-state index in [1.165, 1.54) is 23.9 Å². The monoisotopic (exact) mass is 603 g/mol. The van der Waals surface area contributed by atoms with Crippen molar-refractivity contribution in [2.24, 2.45) is 0 Å². The minimum absolute atomic E-state index is 0.0460. The van der Waals surface area contributed by atoms with Gasteiger partial charge in [0.15, 0.2) is 0 Å². The largest absolute Gasteiger partial charge is 0.419 e. The van der Waals surface area contributed by atoms with Crippen LogP contribution in [0.5, 0.6) is 0 Å². The van der Waals surface area contributed by atoms with Crippen LogP contribution in [0, 0.1) is 0 Å². The number of halogens is 6. The van der Waals surface area contributed by atoms with Crippen LogP contribution in [-0.2, 0) is 21.9 Å². The van der Waals surface area contributed by atoms with Crippen LogP contribution in [0.3, 0.4) is 0 Å². The summed E-state index contributed by atoms with van der Waals surface area (Å²) in [5.41, 5.74) is -1.49. The summed E-state index contributed by atoms with van der Waals surface area (Å²) in [5, 5.41) is 6.68. The molecule has 3 aromatic heterocycles. The van der Waals surface area contributed by atoms with Crippen molar-refractivity contribution in [3.63, 3.8) is 0 Å². The SMILES string of the molecule is C=CC(=O)N1CCC=C(c2cnn(C(C)C(=O)Nc3ncc(C(F)(F)F)c(-c4c[nH]c5cc(C(F)(F)F)ccc45)n3)c2)C1. The summed E-state index contributed by atoms with van der Waals surface area (Å²) >= 11 is 0. The van der Waals surface area contributed by atoms with E-state index in [9.17, 15) is 35.9 Å². The zero-order valence-corrected chi connectivity index (χ0v) is 22.4. The van der Waals surface area contributed by atoms with E-state index in [1.54, 1.807) is 11.1 Å². The van der Waals surface area contributed by atoms with E-state index < -0.39 is 47.1 Å². The van der Waals surface area contributed by atoms with Gasteiger partial charge in [-0.15, -0.1) is 0 Å². The number of nitrogens with zero attached hydrogens (tertiary/aromatic N) is 5. The number of hydrogen-bond donors (Lipinski definition) is 2. The van der Waals surface area contributed by atoms with Crippen molar-refractivity contribution in [2.75, 3.05) is 18.4 Å². The van der Waals surface area contributed by atoms with Gasteiger partial charge in [-0.3, -0.25) is 19.6 Å². The summed E-state index contributed by atoms with van der Waals surface area (Å²) in [6.45, 7) is 5.89. The highest BCUT2D eigenvalue weighted by Gasteiger charge is 2.37. The van der Waals surface area contributed by atoms with Gasteiger partial charge in [0.25, 0.3) is 5.91 Å². The lowest BCUT2D eigenvalue weighted by Gasteiger charge is -2.26. The first-order chi connectivity index (χ1) is 20.3. The van der Waals surface area contributed by atoms with Gasteiger partial charge in [0, 0.05) is 53.7 Å². The Morgan fingerprint density at radius 3 is 2.60 bits per heavy atom. The fourth-order valence-electron chi connectivity index (χ4n) is 4.67. The highest BCUT2D eigenvalue weighted by molar-refractivity contribution is 5.97. The van der Waals surface area contributed by atoms with E-state index in [1.807, 2.05) is 6.08 Å². The quantitative estimate of drug-likeness (QED) is 0.212. The molecule has 1 aromatic carbocycles. The molecule has 0 radical (unpaired) electrons. The number of nitrogens with one attached hydrogen (secondary N) is 2. The van der Waals surface area contributed by atoms with Crippen LogP contribution in [0.4, 0.5) is 32.3 Å². The molecule has 2 amide bonds. The molecule has 15 heteroatoms. The molecule has 43 heavy (non-hydrogen) atoms. The molecule has 0 bridgehead atoms. The van der Waals surface area contributed by atoms with Gasteiger partial charge in [0.05, 0.1) is 17.5 Å². The van der Waals surface area contributed by atoms with Crippen molar-refractivity contribution in [3.05, 3.63) is 78.4 Å². The third kappa shape index (κ3) is 6.01. The van der Waals surface area contributed by atoms with E-state index in [-0.39, 0.29) is 22.4 Å². The van der Waals surface area contributed by atoms with E-state index in [0.717, 1.165) is 30.0 Å². The molecule has 0 fully saturated rings. The summed E-state index contributed by atoms with van der Waals surface area (Å²) < 4.78 is 82.4. The number of H-pyrrole nitrogens is 1. The maximum absolute atomic E-state index is 13.9. The summed E-state index contributed by atoms with van der Waals surface area (Å²) in [7, 11) is 0. The second-order valence-corrected chi connectivity index (χ2v) is 9.77. The van der Waals surface area contributed by atoms with Gasteiger partial charge in [-0.25, -0.2) is 9.97 Å². The average molecular weight is 604 g/mol. The van der Waals surface area contributed by atoms with Gasteiger partial charge in [-0.05, 0) is 37.1 Å². The van der Waals surface area contributed by atoms with Crippen molar-refractivity contribution >= 4 is 34.2 Å². The molecule has 0 aliphatic carbocycles. The van der Waals surface area contributed by atoms with Crippen LogP contribution in [-0.4, -0.2) is 54.5 Å². The lowest BCUT2D eigenvalue weighted by Crippen LogP contribution is -2.34. The number of alkyl halides is 6. The Labute approximate surface area is 239 Å². The van der Waals surface area contributed by atoms with Crippen molar-refractivity contribution in [1.29, 1.82) is 0 Å². The highest BCUT2D eigenvalue weighted by atomic mass is 19.4. The zero-order chi connectivity index (χ0) is 31.1. The first-order valence-corrected chi connectivity index (χ1v) is 12.8. The number of fused-ring (bicyclic) bond motifs is 1. The Balaban J connectivity index is 1.40. The third-order valence-corrected chi connectivity index (χ3v) is 6.98. The fraction of sp³-hybridized carbons (Fsp3) is 0.250. The molecule has 0 saturated carbocycles. The number of aromatic nitrogens is 5. The predicted octanol–water partition coefficient (Wildman–Crippen LogP) is 5.86. The third-order valence-electron chi connectivity index (χ3n) is 6.98. The molecule has 1 atom stereocenters. The predicted molar refractivity (Wildman–Crippen MR) is 144 cm³/mol. The van der Waals surface area contributed by atoms with Crippen molar-refractivity contribution in [3.8, 4) is 11.3 Å². The fourth-order valence-corrected chi connectivity index (χ4v) is 4.67. The molecule has 0 saturated heterocycles. The number of amides is 2. The molecular formula is C28H23F6N7O2. The molecule has 1 unspecified atom stereocenters. The smallest absolute Gasteiger partial charge is 0.360 e. The molecule has 4 aromatic rings. The lowest BCUT2D eigenvalue weighted by molar-refractivity contribution is -0.138. The van der Waals surface area contributed by atoms with Gasteiger partial charge in [0.2, 0.25) is 11.9 Å². The van der Waals surface area contributed by atoms with E-state index in [4.69, 9.17) is 0 Å². The van der Waals surface area contributed by atoms with E-state index in [2.05, 4.69) is 31.9 Å². The standard InChI is InChI=1S/C28H23F6N7O2/c1-3-23(42)40-8-4-5-16(13-40)17-10-37-41(14-17)15(2)25(43)39-26-36-12-21(28(32,33)34)24(38-26)20-11-35-22-9-18(27(29,30)31)6-7-19(20)22/h3,5-7,9-12,14-15,35H,1,4,8,13H2,2H3,(H,36,38,39,43). The molecule has 9 nitrogen and oxygen atoms in total. The number of carbonyl (C=O) groups is 2. The number of benzene rings is 1. The van der Waals surface area contributed by atoms with Crippen LogP contribution in [0.25, 0.3) is 27.7 Å². The van der Waals surface area contributed by atoms with Gasteiger partial charge in [-0.2, -0.15) is 31.4 Å². The Bertz CT molecular complexity index is 1750. The summed E-state index contributed by atoms with van der Waals surface area (Å²) in [6, 6.07) is 1.66. The summed E-state index contributed by atoms with van der Waals surface area (Å²) in [5.74, 6) is -1.34. The van der Waals surface area contributed by atoms with Crippen LogP contribution in [0.2, 0.25) is 0 Å². The minimum atomic E-state index is -4.90. The average Bonchev–Trinajstić information content (AvgIpc) is 3.63. The first-order valence-electron chi connectivity index (χ1n) is 12.8. The van der Waals surface area contributed by atoms with Crippen molar-refractivity contribution in [2.45, 2.75) is 31.7 Å². The topological polar surface area (TPSA) is 109 Å². The molecule has 5 rings (SSSR count). The van der Waals surface area contributed by atoms with Gasteiger partial charge in [-0.1, -0.05) is 18.7 Å². The molecule has 1 aliphatic heterocycles. The lowest BCUT2D eigenvalue weighted by atomic mass is 10.0. The Morgan fingerprint density at radius 2 is 1.91 bits per heavy atom. The summed E-state index contributed by atoms with van der Waals surface area (Å²) in [6.07, 6.45) is -0.956. The molecule has 4 heterocycles. The zero-order valence-electron chi connectivity index (χ0n) is 22.4. The van der Waals surface area contributed by atoms with E-state index in [0.29, 0.717) is 31.3 Å². The van der Waals surface area contributed by atoms with Crippen molar-refractivity contribution < 1.29 is 35.9 Å². The van der Waals surface area contributed by atoms with Crippen LogP contribution < -0.4 is 5.32 Å². The number of aromatic amines is 1. The van der Waals surface area contributed by atoms with E-state index >= 15 is 0 Å². The van der Waals surface area contributed by atoms with Gasteiger partial charge in [0.1, 0.15) is 11.6 Å². The second kappa shape index (κ2) is 11.0. The van der Waals surface area contributed by atoms with Gasteiger partial charge < -0.3 is 9.88 Å². The van der Waals surface area contributed by atoms with Crippen molar-refractivity contribution in [1.82, 2.24) is 29.6 Å². The summed E-state index contributed by atoms with van der Waals surface area (Å²) in [4.78, 5) is 36.8. The maximum Gasteiger partial charge on any atom is 0.419 e. The second-order valence-electron chi connectivity index (χ2n) is 9.77. The number of rotatable bonds is 6. The van der Waals surface area contributed by atoms with Gasteiger partial charge >= 0.3 is 12.4 Å². The number of carbonyl (C=O) groups excluding carboxylic acids is 2. The Hall–Kier alpha value is -4.95. The number of hydrogen-bond acceptors (Lipinski definition) is 5.